The predicted molar refractivity (Wildman–Crippen MR) is 48.0 cm³/mol. The molecule has 2 N–H and O–H groups in total. The lowest BCUT2D eigenvalue weighted by molar-refractivity contribution is -0.118. The summed E-state index contributed by atoms with van der Waals surface area (Å²) in [6.07, 6.45) is 2.63. The van der Waals surface area contributed by atoms with Crippen LogP contribution in [0.3, 0.4) is 0 Å². The molecule has 1 heterocycles. The Hall–Kier alpha value is -1.03. The highest BCUT2D eigenvalue weighted by molar-refractivity contribution is 5.93. The van der Waals surface area contributed by atoms with E-state index >= 15 is 0 Å². The van der Waals surface area contributed by atoms with Gasteiger partial charge < -0.3 is 15.2 Å². The number of carbonyl (C=O) groups excluding carboxylic acids is 1. The van der Waals surface area contributed by atoms with Gasteiger partial charge in [-0.15, -0.1) is 0 Å². The summed E-state index contributed by atoms with van der Waals surface area (Å²) in [4.78, 5) is 11.3. The van der Waals surface area contributed by atoms with E-state index in [1.165, 1.54) is 6.26 Å². The summed E-state index contributed by atoms with van der Waals surface area (Å²) in [6.45, 7) is 2.61. The molecule has 4 nitrogen and oxygen atoms in total. The normalized spacial score (nSPS) is 18.5. The average molecular weight is 185 g/mol. The lowest BCUT2D eigenvalue weighted by Crippen LogP contribution is -2.32. The number of aliphatic hydroxyl groups is 1. The van der Waals surface area contributed by atoms with Crippen LogP contribution in [-0.2, 0) is 9.53 Å². The van der Waals surface area contributed by atoms with Crippen molar-refractivity contribution in [2.75, 3.05) is 13.2 Å². The molecule has 0 aromatic rings. The van der Waals surface area contributed by atoms with Gasteiger partial charge in [0.1, 0.15) is 0 Å². The number of aliphatic hydroxyl groups excluding tert-OH is 1. The standard InChI is InChI=1S/C9H15NO3/c1-7(11)5-10-9(12)8-3-2-4-13-6-8/h6-7,11H,2-5H2,1H3,(H,10,12)/t7-/m1/s1. The highest BCUT2D eigenvalue weighted by atomic mass is 16.5. The summed E-state index contributed by atoms with van der Waals surface area (Å²) in [5, 5.41) is 11.5. The molecule has 1 atom stereocenters. The molecular formula is C9H15NO3. The van der Waals surface area contributed by atoms with Crippen LogP contribution >= 0.6 is 0 Å². The predicted octanol–water partition coefficient (Wildman–Crippen LogP) is 0.178. The van der Waals surface area contributed by atoms with Crippen LogP contribution in [0.2, 0.25) is 0 Å². The Balaban J connectivity index is 2.34. The highest BCUT2D eigenvalue weighted by Gasteiger charge is 2.12. The van der Waals surface area contributed by atoms with Gasteiger partial charge in [0.15, 0.2) is 0 Å². The van der Waals surface area contributed by atoms with Gasteiger partial charge in [-0.05, 0) is 19.8 Å². The van der Waals surface area contributed by atoms with E-state index in [4.69, 9.17) is 9.84 Å². The zero-order valence-corrected chi connectivity index (χ0v) is 7.75. The fourth-order valence-electron chi connectivity index (χ4n) is 1.09. The number of hydrogen-bond acceptors (Lipinski definition) is 3. The lowest BCUT2D eigenvalue weighted by atomic mass is 10.1. The molecule has 0 radical (unpaired) electrons. The Morgan fingerprint density at radius 1 is 1.85 bits per heavy atom. The largest absolute Gasteiger partial charge is 0.501 e. The van der Waals surface area contributed by atoms with E-state index in [-0.39, 0.29) is 12.5 Å². The molecule has 0 aliphatic carbocycles. The maximum atomic E-state index is 11.3. The van der Waals surface area contributed by atoms with Gasteiger partial charge in [0.05, 0.1) is 24.5 Å². The van der Waals surface area contributed by atoms with Crippen molar-refractivity contribution in [1.29, 1.82) is 0 Å². The van der Waals surface area contributed by atoms with E-state index in [1.807, 2.05) is 0 Å². The van der Waals surface area contributed by atoms with E-state index < -0.39 is 6.10 Å². The van der Waals surface area contributed by atoms with Crippen molar-refractivity contribution < 1.29 is 14.6 Å². The molecule has 0 aromatic heterocycles. The number of rotatable bonds is 3. The molecule has 0 aromatic carbocycles. The van der Waals surface area contributed by atoms with Gasteiger partial charge in [0.25, 0.3) is 0 Å². The topological polar surface area (TPSA) is 58.6 Å². The van der Waals surface area contributed by atoms with Crippen LogP contribution < -0.4 is 5.32 Å². The molecule has 0 unspecified atom stereocenters. The molecule has 0 saturated heterocycles. The van der Waals surface area contributed by atoms with Crippen LogP contribution in [0.1, 0.15) is 19.8 Å². The quantitative estimate of drug-likeness (QED) is 0.659. The number of hydrogen-bond donors (Lipinski definition) is 2. The minimum absolute atomic E-state index is 0.138. The van der Waals surface area contributed by atoms with Gasteiger partial charge in [0.2, 0.25) is 5.91 Å². The second-order valence-corrected chi connectivity index (χ2v) is 3.18. The fourth-order valence-corrected chi connectivity index (χ4v) is 1.09. The first-order chi connectivity index (χ1) is 6.20. The van der Waals surface area contributed by atoms with Crippen molar-refractivity contribution in [3.05, 3.63) is 11.8 Å². The van der Waals surface area contributed by atoms with Crippen LogP contribution in [-0.4, -0.2) is 30.3 Å². The molecule has 74 valence electrons. The summed E-state index contributed by atoms with van der Waals surface area (Å²) in [5.74, 6) is -0.138. The summed E-state index contributed by atoms with van der Waals surface area (Å²) < 4.78 is 5.02. The van der Waals surface area contributed by atoms with Crippen LogP contribution in [0.4, 0.5) is 0 Å². The number of ether oxygens (including phenoxy) is 1. The third-order valence-corrected chi connectivity index (χ3v) is 1.78. The molecule has 1 aliphatic rings. The summed E-state index contributed by atoms with van der Waals surface area (Å²) in [7, 11) is 0. The first-order valence-corrected chi connectivity index (χ1v) is 4.47. The van der Waals surface area contributed by atoms with Crippen LogP contribution in [0.5, 0.6) is 0 Å². The molecule has 1 rings (SSSR count). The minimum Gasteiger partial charge on any atom is -0.501 e. The van der Waals surface area contributed by atoms with Gasteiger partial charge in [0, 0.05) is 6.54 Å². The monoisotopic (exact) mass is 185 g/mol. The van der Waals surface area contributed by atoms with Gasteiger partial charge in [-0.1, -0.05) is 0 Å². The van der Waals surface area contributed by atoms with Crippen molar-refractivity contribution in [1.82, 2.24) is 5.32 Å². The zero-order chi connectivity index (χ0) is 9.68. The third kappa shape index (κ3) is 3.46. The molecule has 0 spiro atoms. The molecule has 0 bridgehead atoms. The molecule has 0 saturated carbocycles. The number of nitrogens with one attached hydrogen (secondary N) is 1. The molecule has 0 fully saturated rings. The molecular weight excluding hydrogens is 170 g/mol. The fraction of sp³-hybridized carbons (Fsp3) is 0.667. The summed E-state index contributed by atoms with van der Waals surface area (Å²) in [5.41, 5.74) is 0.659. The van der Waals surface area contributed by atoms with Crippen LogP contribution in [0, 0.1) is 0 Å². The molecule has 1 amide bonds. The minimum atomic E-state index is -0.506. The first kappa shape index (κ1) is 10.1. The second kappa shape index (κ2) is 4.87. The molecule has 13 heavy (non-hydrogen) atoms. The van der Waals surface area contributed by atoms with Gasteiger partial charge >= 0.3 is 0 Å². The highest BCUT2D eigenvalue weighted by Crippen LogP contribution is 2.11. The van der Waals surface area contributed by atoms with Crippen molar-refractivity contribution in [3.63, 3.8) is 0 Å². The second-order valence-electron chi connectivity index (χ2n) is 3.18. The zero-order valence-electron chi connectivity index (χ0n) is 7.75. The van der Waals surface area contributed by atoms with E-state index in [0.29, 0.717) is 12.2 Å². The van der Waals surface area contributed by atoms with Crippen molar-refractivity contribution >= 4 is 5.91 Å². The van der Waals surface area contributed by atoms with Crippen LogP contribution in [0.25, 0.3) is 0 Å². The molecule has 1 aliphatic heterocycles. The van der Waals surface area contributed by atoms with Gasteiger partial charge in [-0.3, -0.25) is 4.79 Å². The Morgan fingerprint density at radius 2 is 2.62 bits per heavy atom. The van der Waals surface area contributed by atoms with E-state index in [0.717, 1.165) is 12.8 Å². The summed E-state index contributed by atoms with van der Waals surface area (Å²) >= 11 is 0. The van der Waals surface area contributed by atoms with Gasteiger partial charge in [-0.2, -0.15) is 0 Å². The average Bonchev–Trinajstić information content (AvgIpc) is 2.15. The Morgan fingerprint density at radius 3 is 3.15 bits per heavy atom. The van der Waals surface area contributed by atoms with Crippen molar-refractivity contribution in [2.45, 2.75) is 25.9 Å². The summed E-state index contributed by atoms with van der Waals surface area (Å²) in [6, 6.07) is 0. The Bertz CT molecular complexity index is 211. The Labute approximate surface area is 77.6 Å². The van der Waals surface area contributed by atoms with E-state index in [1.54, 1.807) is 6.92 Å². The lowest BCUT2D eigenvalue weighted by Gasteiger charge is -2.13. The van der Waals surface area contributed by atoms with Crippen molar-refractivity contribution in [2.24, 2.45) is 0 Å². The third-order valence-electron chi connectivity index (χ3n) is 1.78. The van der Waals surface area contributed by atoms with Gasteiger partial charge in [-0.25, -0.2) is 0 Å². The number of carbonyl (C=O) groups is 1. The molecule has 4 heteroatoms. The maximum Gasteiger partial charge on any atom is 0.250 e. The van der Waals surface area contributed by atoms with Crippen molar-refractivity contribution in [3.8, 4) is 0 Å². The first-order valence-electron chi connectivity index (χ1n) is 4.47. The Kier molecular flexibility index (Phi) is 3.76. The van der Waals surface area contributed by atoms with Crippen LogP contribution in [0.15, 0.2) is 11.8 Å². The smallest absolute Gasteiger partial charge is 0.250 e. The number of amides is 1. The van der Waals surface area contributed by atoms with E-state index in [9.17, 15) is 4.79 Å². The SMILES string of the molecule is C[C@@H](O)CNC(=O)C1=COCCC1. The maximum absolute atomic E-state index is 11.3. The van der Waals surface area contributed by atoms with E-state index in [2.05, 4.69) is 5.32 Å².